The number of ether oxygens (including phenoxy) is 1. The van der Waals surface area contributed by atoms with Gasteiger partial charge in [0.1, 0.15) is 0 Å². The number of hydrogen-bond donors (Lipinski definition) is 1. The molecule has 3 rings (SSSR count). The van der Waals surface area contributed by atoms with Gasteiger partial charge in [0.25, 0.3) is 0 Å². The number of fused-ring (bicyclic) bond motifs is 1. The number of aryl methyl sites for hydroxylation is 2. The van der Waals surface area contributed by atoms with Crippen LogP contribution in [-0.2, 0) is 24.2 Å². The number of rotatable bonds is 4. The van der Waals surface area contributed by atoms with Gasteiger partial charge in [-0.1, -0.05) is 6.07 Å². The van der Waals surface area contributed by atoms with Crippen molar-refractivity contribution in [3.05, 3.63) is 40.7 Å². The van der Waals surface area contributed by atoms with Crippen molar-refractivity contribution in [3.8, 4) is 0 Å². The third kappa shape index (κ3) is 3.61. The number of nitrogens with zero attached hydrogens (tertiary/aromatic N) is 4. The quantitative estimate of drug-likeness (QED) is 0.855. The van der Waals surface area contributed by atoms with Crippen molar-refractivity contribution in [2.24, 2.45) is 0 Å². The highest BCUT2D eigenvalue weighted by molar-refractivity contribution is 5.89. The van der Waals surface area contributed by atoms with Gasteiger partial charge in [0.05, 0.1) is 5.56 Å². The molecule has 0 amide bonds. The predicted octanol–water partition coefficient (Wildman–Crippen LogP) is 1.76. The third-order valence-electron chi connectivity index (χ3n) is 4.00. The van der Waals surface area contributed by atoms with Gasteiger partial charge in [0.2, 0.25) is 11.9 Å². The Morgan fingerprint density at radius 2 is 1.92 bits per heavy atom. The van der Waals surface area contributed by atoms with Gasteiger partial charge < -0.3 is 15.4 Å². The second-order valence-electron chi connectivity index (χ2n) is 6.07. The molecule has 0 aliphatic heterocycles. The van der Waals surface area contributed by atoms with Crippen LogP contribution in [0.5, 0.6) is 0 Å². The van der Waals surface area contributed by atoms with Crippen LogP contribution in [-0.4, -0.2) is 35.0 Å². The average Bonchev–Trinajstić information content (AvgIpc) is 2.58. The van der Waals surface area contributed by atoms with Crippen molar-refractivity contribution in [3.63, 3.8) is 0 Å². The van der Waals surface area contributed by atoms with E-state index in [1.54, 1.807) is 19.0 Å². The lowest BCUT2D eigenvalue weighted by molar-refractivity contribution is 0.0462. The molecule has 1 aliphatic carbocycles. The Bertz CT molecular complexity index is 761. The van der Waals surface area contributed by atoms with Gasteiger partial charge in [-0.25, -0.2) is 4.79 Å². The summed E-state index contributed by atoms with van der Waals surface area (Å²) in [6, 6.07) is 5.78. The standard InChI is InChI=1S/C17H21N5O2/c1-22(2)17-20-14(19-16(18)21-17)10-24-15(23)13-8-7-11-5-3-4-6-12(11)9-13/h7-9H,3-6,10H2,1-2H3,(H2,18,19,20,21). The van der Waals surface area contributed by atoms with Crippen molar-refractivity contribution < 1.29 is 9.53 Å². The summed E-state index contributed by atoms with van der Waals surface area (Å²) >= 11 is 0. The second-order valence-corrected chi connectivity index (χ2v) is 6.07. The lowest BCUT2D eigenvalue weighted by atomic mass is 9.90. The molecule has 1 aromatic carbocycles. The number of benzene rings is 1. The molecule has 0 radical (unpaired) electrons. The van der Waals surface area contributed by atoms with E-state index in [-0.39, 0.29) is 18.5 Å². The summed E-state index contributed by atoms with van der Waals surface area (Å²) < 4.78 is 5.33. The number of anilines is 2. The van der Waals surface area contributed by atoms with Crippen LogP contribution in [0, 0.1) is 0 Å². The number of nitrogen functional groups attached to an aromatic ring is 1. The van der Waals surface area contributed by atoms with Crippen molar-refractivity contribution >= 4 is 17.9 Å². The molecular weight excluding hydrogens is 306 g/mol. The first-order valence-electron chi connectivity index (χ1n) is 7.99. The number of hydrogen-bond acceptors (Lipinski definition) is 7. The SMILES string of the molecule is CN(C)c1nc(N)nc(COC(=O)c2ccc3c(c2)CCCC3)n1. The Morgan fingerprint density at radius 1 is 1.17 bits per heavy atom. The van der Waals surface area contributed by atoms with Gasteiger partial charge in [-0.2, -0.15) is 15.0 Å². The minimum absolute atomic E-state index is 0.0382. The van der Waals surface area contributed by atoms with Crippen molar-refractivity contribution in [2.75, 3.05) is 24.7 Å². The summed E-state index contributed by atoms with van der Waals surface area (Å²) in [6.07, 6.45) is 4.49. The van der Waals surface area contributed by atoms with E-state index in [4.69, 9.17) is 10.5 Å². The van der Waals surface area contributed by atoms with Crippen LogP contribution in [0.2, 0.25) is 0 Å². The molecule has 7 nitrogen and oxygen atoms in total. The van der Waals surface area contributed by atoms with Gasteiger partial charge in [0, 0.05) is 14.1 Å². The lowest BCUT2D eigenvalue weighted by Gasteiger charge is -2.16. The number of esters is 1. The minimum Gasteiger partial charge on any atom is -0.454 e. The van der Waals surface area contributed by atoms with Gasteiger partial charge >= 0.3 is 5.97 Å². The van der Waals surface area contributed by atoms with Crippen LogP contribution in [0.25, 0.3) is 0 Å². The normalized spacial score (nSPS) is 13.2. The first-order chi connectivity index (χ1) is 11.5. The molecule has 0 bridgehead atoms. The van der Waals surface area contributed by atoms with Crippen LogP contribution in [0.3, 0.4) is 0 Å². The van der Waals surface area contributed by atoms with Crippen LogP contribution in [0.1, 0.15) is 40.2 Å². The number of carbonyl (C=O) groups excluding carboxylic acids is 1. The van der Waals surface area contributed by atoms with Gasteiger partial charge in [-0.15, -0.1) is 0 Å². The lowest BCUT2D eigenvalue weighted by Crippen LogP contribution is -2.17. The average molecular weight is 327 g/mol. The fraction of sp³-hybridized carbons (Fsp3) is 0.412. The molecule has 1 aliphatic rings. The fourth-order valence-electron chi connectivity index (χ4n) is 2.76. The van der Waals surface area contributed by atoms with Gasteiger partial charge in [0.15, 0.2) is 12.4 Å². The predicted molar refractivity (Wildman–Crippen MR) is 90.8 cm³/mol. The smallest absolute Gasteiger partial charge is 0.338 e. The topological polar surface area (TPSA) is 94.2 Å². The molecule has 0 spiro atoms. The summed E-state index contributed by atoms with van der Waals surface area (Å²) in [6.45, 7) is -0.0382. The Morgan fingerprint density at radius 3 is 2.67 bits per heavy atom. The molecule has 1 aromatic heterocycles. The molecule has 2 aromatic rings. The zero-order valence-electron chi connectivity index (χ0n) is 14.0. The Labute approximate surface area is 140 Å². The van der Waals surface area contributed by atoms with Crippen LogP contribution < -0.4 is 10.6 Å². The van der Waals surface area contributed by atoms with E-state index in [1.807, 2.05) is 18.2 Å². The minimum atomic E-state index is -0.381. The molecule has 0 unspecified atom stereocenters. The van der Waals surface area contributed by atoms with Crippen LogP contribution in [0.15, 0.2) is 18.2 Å². The van der Waals surface area contributed by atoms with E-state index in [0.717, 1.165) is 12.8 Å². The number of carbonyl (C=O) groups is 1. The molecule has 7 heteroatoms. The highest BCUT2D eigenvalue weighted by Crippen LogP contribution is 2.22. The molecular formula is C17H21N5O2. The summed E-state index contributed by atoms with van der Waals surface area (Å²) in [5.74, 6) is 0.488. The summed E-state index contributed by atoms with van der Waals surface area (Å²) in [5, 5.41) is 0. The summed E-state index contributed by atoms with van der Waals surface area (Å²) in [5.41, 5.74) is 8.80. The zero-order valence-corrected chi connectivity index (χ0v) is 14.0. The van der Waals surface area contributed by atoms with E-state index in [9.17, 15) is 4.79 Å². The van der Waals surface area contributed by atoms with Crippen molar-refractivity contribution in [1.82, 2.24) is 15.0 Å². The first-order valence-corrected chi connectivity index (χ1v) is 7.99. The van der Waals surface area contributed by atoms with Crippen LogP contribution >= 0.6 is 0 Å². The van der Waals surface area contributed by atoms with E-state index in [2.05, 4.69) is 15.0 Å². The maximum absolute atomic E-state index is 12.3. The highest BCUT2D eigenvalue weighted by atomic mass is 16.5. The Balaban J connectivity index is 1.69. The van der Waals surface area contributed by atoms with Crippen molar-refractivity contribution in [1.29, 1.82) is 0 Å². The largest absolute Gasteiger partial charge is 0.454 e. The Kier molecular flexibility index (Phi) is 4.59. The van der Waals surface area contributed by atoms with E-state index in [1.165, 1.54) is 24.0 Å². The second kappa shape index (κ2) is 6.82. The molecule has 24 heavy (non-hydrogen) atoms. The first kappa shape index (κ1) is 16.2. The van der Waals surface area contributed by atoms with Gasteiger partial charge in [-0.05, 0) is 48.9 Å². The van der Waals surface area contributed by atoms with Crippen LogP contribution in [0.4, 0.5) is 11.9 Å². The monoisotopic (exact) mass is 327 g/mol. The molecule has 126 valence electrons. The Hall–Kier alpha value is -2.70. The molecule has 1 heterocycles. The molecule has 0 atom stereocenters. The fourth-order valence-corrected chi connectivity index (χ4v) is 2.76. The molecule has 0 fully saturated rings. The maximum Gasteiger partial charge on any atom is 0.338 e. The van der Waals surface area contributed by atoms with Gasteiger partial charge in [-0.3, -0.25) is 0 Å². The molecule has 0 saturated carbocycles. The highest BCUT2D eigenvalue weighted by Gasteiger charge is 2.15. The molecule has 0 saturated heterocycles. The third-order valence-corrected chi connectivity index (χ3v) is 4.00. The van der Waals surface area contributed by atoms with E-state index < -0.39 is 0 Å². The van der Waals surface area contributed by atoms with E-state index in [0.29, 0.717) is 17.3 Å². The maximum atomic E-state index is 12.3. The number of nitrogens with two attached hydrogens (primary N) is 1. The van der Waals surface area contributed by atoms with Crippen molar-refractivity contribution in [2.45, 2.75) is 32.3 Å². The molecule has 2 N–H and O–H groups in total. The number of aromatic nitrogens is 3. The summed E-state index contributed by atoms with van der Waals surface area (Å²) in [7, 11) is 3.61. The summed E-state index contributed by atoms with van der Waals surface area (Å²) in [4.78, 5) is 26.2. The zero-order chi connectivity index (χ0) is 17.1. The van der Waals surface area contributed by atoms with E-state index >= 15 is 0 Å².